The number of nitro groups is 1. The van der Waals surface area contributed by atoms with Crippen molar-refractivity contribution in [2.75, 3.05) is 0 Å². The molecule has 0 saturated carbocycles. The molecule has 0 aliphatic carbocycles. The van der Waals surface area contributed by atoms with Crippen LogP contribution in [0.25, 0.3) is 0 Å². The maximum atomic E-state index is 11.4. The van der Waals surface area contributed by atoms with Crippen LogP contribution in [0.5, 0.6) is 0 Å². The van der Waals surface area contributed by atoms with Gasteiger partial charge in [0.2, 0.25) is 0 Å². The highest BCUT2D eigenvalue weighted by molar-refractivity contribution is 6.02. The van der Waals surface area contributed by atoms with Gasteiger partial charge >= 0.3 is 6.09 Å². The summed E-state index contributed by atoms with van der Waals surface area (Å²) in [7, 11) is 0. The van der Waals surface area contributed by atoms with Crippen LogP contribution in [0.2, 0.25) is 0 Å². The third-order valence-corrected chi connectivity index (χ3v) is 2.20. The molecule has 1 aromatic carbocycles. The summed E-state index contributed by atoms with van der Waals surface area (Å²) in [4.78, 5) is 21.8. The topological polar surface area (TPSA) is 93.8 Å². The van der Waals surface area contributed by atoms with E-state index in [-0.39, 0.29) is 5.69 Å². The number of carbonyl (C=O) groups is 1. The summed E-state index contributed by atoms with van der Waals surface area (Å²) < 4.78 is 5.01. The highest BCUT2D eigenvalue weighted by Crippen LogP contribution is 2.18. The first-order valence-electron chi connectivity index (χ1n) is 5.98. The van der Waals surface area contributed by atoms with Crippen LogP contribution in [-0.4, -0.2) is 22.3 Å². The molecule has 7 heteroatoms. The number of para-hydroxylation sites is 1. The van der Waals surface area contributed by atoms with Crippen molar-refractivity contribution in [3.63, 3.8) is 0 Å². The Morgan fingerprint density at radius 3 is 2.50 bits per heavy atom. The maximum Gasteiger partial charge on any atom is 0.428 e. The second-order valence-corrected chi connectivity index (χ2v) is 5.09. The van der Waals surface area contributed by atoms with Crippen molar-refractivity contribution in [1.82, 2.24) is 5.43 Å². The summed E-state index contributed by atoms with van der Waals surface area (Å²) >= 11 is 0. The number of hydrogen-bond donors (Lipinski definition) is 1. The van der Waals surface area contributed by atoms with E-state index in [0.717, 1.165) is 0 Å². The van der Waals surface area contributed by atoms with E-state index in [2.05, 4.69) is 10.5 Å². The van der Waals surface area contributed by atoms with Gasteiger partial charge in [-0.15, -0.1) is 0 Å². The number of ether oxygens (including phenoxy) is 1. The van der Waals surface area contributed by atoms with Gasteiger partial charge in [-0.3, -0.25) is 10.1 Å². The number of amides is 1. The summed E-state index contributed by atoms with van der Waals surface area (Å²) in [5.41, 5.74) is 2.17. The second kappa shape index (κ2) is 6.14. The molecule has 0 heterocycles. The number of nitrogens with zero attached hydrogens (tertiary/aromatic N) is 2. The molecule has 0 spiro atoms. The zero-order chi connectivity index (χ0) is 15.3. The van der Waals surface area contributed by atoms with Gasteiger partial charge in [-0.1, -0.05) is 12.1 Å². The number of carbonyl (C=O) groups excluding carboxylic acids is 1. The Morgan fingerprint density at radius 2 is 1.95 bits per heavy atom. The zero-order valence-corrected chi connectivity index (χ0v) is 11.8. The standard InChI is InChI=1S/C13H17N3O4/c1-9(14-15-12(17)20-13(2,3)4)10-7-5-6-8-11(10)16(18)19/h5-8H,1-4H3,(H,15,17)/b14-9-. The van der Waals surface area contributed by atoms with Gasteiger partial charge in [0, 0.05) is 6.07 Å². The van der Waals surface area contributed by atoms with Crippen molar-refractivity contribution in [2.24, 2.45) is 5.10 Å². The van der Waals surface area contributed by atoms with Crippen molar-refractivity contribution in [3.8, 4) is 0 Å². The molecule has 7 nitrogen and oxygen atoms in total. The Balaban J connectivity index is 2.85. The fourth-order valence-electron chi connectivity index (χ4n) is 1.43. The fourth-order valence-corrected chi connectivity index (χ4v) is 1.43. The van der Waals surface area contributed by atoms with Crippen LogP contribution < -0.4 is 5.43 Å². The lowest BCUT2D eigenvalue weighted by molar-refractivity contribution is -0.385. The average Bonchev–Trinajstić information content (AvgIpc) is 2.33. The Hall–Kier alpha value is -2.44. The molecular weight excluding hydrogens is 262 g/mol. The highest BCUT2D eigenvalue weighted by atomic mass is 16.6. The molecule has 0 bridgehead atoms. The first-order valence-corrected chi connectivity index (χ1v) is 5.98. The molecule has 0 radical (unpaired) electrons. The molecule has 108 valence electrons. The van der Waals surface area contributed by atoms with Gasteiger partial charge in [-0.2, -0.15) is 5.10 Å². The maximum absolute atomic E-state index is 11.4. The van der Waals surface area contributed by atoms with Crippen LogP contribution in [-0.2, 0) is 4.74 Å². The minimum Gasteiger partial charge on any atom is -0.443 e. The smallest absolute Gasteiger partial charge is 0.428 e. The van der Waals surface area contributed by atoms with E-state index in [1.165, 1.54) is 6.07 Å². The van der Waals surface area contributed by atoms with Crippen molar-refractivity contribution >= 4 is 17.5 Å². The minimum atomic E-state index is -0.713. The van der Waals surface area contributed by atoms with Crippen LogP contribution in [0.3, 0.4) is 0 Å². The van der Waals surface area contributed by atoms with E-state index in [4.69, 9.17) is 4.74 Å². The SMILES string of the molecule is C/C(=N/NC(=O)OC(C)(C)C)c1ccccc1[N+](=O)[O-]. The third kappa shape index (κ3) is 4.68. The normalized spacial score (nSPS) is 11.9. The number of hydrogen-bond acceptors (Lipinski definition) is 5. The second-order valence-electron chi connectivity index (χ2n) is 5.09. The van der Waals surface area contributed by atoms with E-state index in [1.807, 2.05) is 0 Å². The van der Waals surface area contributed by atoms with Gasteiger partial charge in [0.15, 0.2) is 0 Å². The molecule has 0 unspecified atom stereocenters. The quantitative estimate of drug-likeness (QED) is 0.523. The molecule has 0 atom stereocenters. The van der Waals surface area contributed by atoms with Crippen LogP contribution >= 0.6 is 0 Å². The lowest BCUT2D eigenvalue weighted by Crippen LogP contribution is -2.30. The molecule has 0 fully saturated rings. The van der Waals surface area contributed by atoms with E-state index >= 15 is 0 Å². The lowest BCUT2D eigenvalue weighted by Gasteiger charge is -2.18. The zero-order valence-electron chi connectivity index (χ0n) is 11.8. The number of hydrazone groups is 1. The summed E-state index contributed by atoms with van der Waals surface area (Å²) in [6.45, 7) is 6.75. The molecule has 1 N–H and O–H groups in total. The van der Waals surface area contributed by atoms with Crippen LogP contribution in [0.4, 0.5) is 10.5 Å². The monoisotopic (exact) mass is 279 g/mol. The van der Waals surface area contributed by atoms with Crippen molar-refractivity contribution < 1.29 is 14.5 Å². The van der Waals surface area contributed by atoms with E-state index in [9.17, 15) is 14.9 Å². The first-order chi connectivity index (χ1) is 9.20. The minimum absolute atomic E-state index is 0.0697. The molecule has 20 heavy (non-hydrogen) atoms. The van der Waals surface area contributed by atoms with Crippen molar-refractivity contribution in [1.29, 1.82) is 0 Å². The largest absolute Gasteiger partial charge is 0.443 e. The van der Waals surface area contributed by atoms with Gasteiger partial charge in [0.25, 0.3) is 5.69 Å². The summed E-state index contributed by atoms with van der Waals surface area (Å²) in [6, 6.07) is 6.17. The predicted molar refractivity (Wildman–Crippen MR) is 74.7 cm³/mol. The summed E-state index contributed by atoms with van der Waals surface area (Å²) in [5.74, 6) is 0. The Bertz CT molecular complexity index is 547. The van der Waals surface area contributed by atoms with Gasteiger partial charge in [0.05, 0.1) is 16.2 Å². The fraction of sp³-hybridized carbons (Fsp3) is 0.385. The predicted octanol–water partition coefficient (Wildman–Crippen LogP) is 2.84. The van der Waals surface area contributed by atoms with Crippen molar-refractivity contribution in [2.45, 2.75) is 33.3 Å². The number of nitrogens with one attached hydrogen (secondary N) is 1. The molecule has 0 aliphatic rings. The molecule has 1 amide bonds. The van der Waals surface area contributed by atoms with Gasteiger partial charge in [0.1, 0.15) is 5.60 Å². The lowest BCUT2D eigenvalue weighted by atomic mass is 10.1. The number of nitro benzene ring substituents is 1. The number of benzene rings is 1. The van der Waals surface area contributed by atoms with E-state index in [1.54, 1.807) is 45.9 Å². The van der Waals surface area contributed by atoms with Gasteiger partial charge in [-0.05, 0) is 33.8 Å². The summed E-state index contributed by atoms with van der Waals surface area (Å²) in [6.07, 6.45) is -0.713. The Labute approximate surface area is 116 Å². The molecule has 0 aromatic heterocycles. The average molecular weight is 279 g/mol. The highest BCUT2D eigenvalue weighted by Gasteiger charge is 2.17. The molecule has 1 rings (SSSR count). The summed E-state index contributed by atoms with van der Waals surface area (Å²) in [5, 5.41) is 14.7. The van der Waals surface area contributed by atoms with Gasteiger partial charge in [-0.25, -0.2) is 10.2 Å². The first kappa shape index (κ1) is 15.6. The van der Waals surface area contributed by atoms with E-state index < -0.39 is 16.6 Å². The Morgan fingerprint density at radius 1 is 1.35 bits per heavy atom. The van der Waals surface area contributed by atoms with Crippen LogP contribution in [0.15, 0.2) is 29.4 Å². The van der Waals surface area contributed by atoms with Crippen LogP contribution in [0, 0.1) is 10.1 Å². The molecular formula is C13H17N3O4. The Kier molecular flexibility index (Phi) is 4.79. The molecule has 0 saturated heterocycles. The third-order valence-electron chi connectivity index (χ3n) is 2.20. The molecule has 0 aliphatic heterocycles. The molecule has 1 aromatic rings. The van der Waals surface area contributed by atoms with Crippen molar-refractivity contribution in [3.05, 3.63) is 39.9 Å². The van der Waals surface area contributed by atoms with E-state index in [0.29, 0.717) is 11.3 Å². The van der Waals surface area contributed by atoms with Gasteiger partial charge < -0.3 is 4.74 Å². The number of rotatable bonds is 3. The van der Waals surface area contributed by atoms with Crippen LogP contribution in [0.1, 0.15) is 33.3 Å².